The number of aromatic nitrogens is 2. The van der Waals surface area contributed by atoms with Crippen molar-refractivity contribution in [1.82, 2.24) is 9.13 Å². The number of ether oxygens (including phenoxy) is 1. The highest BCUT2D eigenvalue weighted by Gasteiger charge is 2.06. The van der Waals surface area contributed by atoms with E-state index in [1.165, 1.54) is 16.8 Å². The van der Waals surface area contributed by atoms with Crippen molar-refractivity contribution >= 4 is 5.97 Å². The number of carbonyl (C=O) groups is 1. The van der Waals surface area contributed by atoms with Crippen molar-refractivity contribution in [2.45, 2.75) is 19.9 Å². The van der Waals surface area contributed by atoms with Crippen LogP contribution in [0.4, 0.5) is 0 Å². The summed E-state index contributed by atoms with van der Waals surface area (Å²) in [6, 6.07) is 1.28. The zero-order valence-corrected chi connectivity index (χ0v) is 9.30. The van der Waals surface area contributed by atoms with Crippen molar-refractivity contribution in [2.24, 2.45) is 7.05 Å². The van der Waals surface area contributed by atoms with Crippen LogP contribution in [0.5, 0.6) is 0 Å². The van der Waals surface area contributed by atoms with Gasteiger partial charge >= 0.3 is 11.7 Å². The van der Waals surface area contributed by atoms with E-state index in [1.807, 2.05) is 0 Å². The highest BCUT2D eigenvalue weighted by Crippen LogP contribution is 1.88. The Labute approximate surface area is 92.1 Å². The van der Waals surface area contributed by atoms with E-state index in [-0.39, 0.29) is 13.0 Å². The highest BCUT2D eigenvalue weighted by atomic mass is 16.5. The van der Waals surface area contributed by atoms with Crippen LogP contribution in [-0.2, 0) is 23.1 Å². The van der Waals surface area contributed by atoms with Crippen LogP contribution in [0.3, 0.4) is 0 Å². The molecule has 6 nitrogen and oxygen atoms in total. The second kappa shape index (κ2) is 5.29. The van der Waals surface area contributed by atoms with Crippen LogP contribution in [0.15, 0.2) is 21.9 Å². The Kier molecular flexibility index (Phi) is 4.04. The molecule has 0 spiro atoms. The number of nitrogens with zero attached hydrogens (tertiary/aromatic N) is 2. The topological polar surface area (TPSA) is 70.3 Å². The SMILES string of the molecule is CCOC(=O)CCn1c(=O)ccn(C)c1=O. The zero-order valence-electron chi connectivity index (χ0n) is 9.30. The Morgan fingerprint density at radius 2 is 2.12 bits per heavy atom. The first-order valence-electron chi connectivity index (χ1n) is 4.98. The molecule has 0 saturated carbocycles. The van der Waals surface area contributed by atoms with E-state index in [1.54, 1.807) is 14.0 Å². The van der Waals surface area contributed by atoms with Gasteiger partial charge in [0, 0.05) is 25.9 Å². The molecular formula is C10H14N2O4. The Bertz CT molecular complexity index is 486. The molecule has 0 amide bonds. The fourth-order valence-corrected chi connectivity index (χ4v) is 1.26. The predicted octanol–water partition coefficient (Wildman–Crippen LogP) is -0.500. The monoisotopic (exact) mass is 226 g/mol. The number of esters is 1. The van der Waals surface area contributed by atoms with Crippen LogP contribution in [0.25, 0.3) is 0 Å². The van der Waals surface area contributed by atoms with Crippen LogP contribution in [0.1, 0.15) is 13.3 Å². The van der Waals surface area contributed by atoms with Crippen molar-refractivity contribution < 1.29 is 9.53 Å². The number of rotatable bonds is 4. The maximum atomic E-state index is 11.5. The summed E-state index contributed by atoms with van der Waals surface area (Å²) >= 11 is 0. The smallest absolute Gasteiger partial charge is 0.330 e. The summed E-state index contributed by atoms with van der Waals surface area (Å²) < 4.78 is 7.01. The van der Waals surface area contributed by atoms with E-state index >= 15 is 0 Å². The van der Waals surface area contributed by atoms with E-state index in [4.69, 9.17) is 4.74 Å². The molecule has 0 N–H and O–H groups in total. The van der Waals surface area contributed by atoms with Gasteiger partial charge < -0.3 is 9.30 Å². The number of carbonyl (C=O) groups excluding carboxylic acids is 1. The lowest BCUT2D eigenvalue weighted by molar-refractivity contribution is -0.143. The molecule has 1 aromatic rings. The summed E-state index contributed by atoms with van der Waals surface area (Å²) in [6.07, 6.45) is 1.42. The number of aryl methyl sites for hydroxylation is 1. The van der Waals surface area contributed by atoms with Gasteiger partial charge in [0.1, 0.15) is 0 Å². The molecule has 1 rings (SSSR count). The van der Waals surface area contributed by atoms with Gasteiger partial charge in [-0.2, -0.15) is 0 Å². The fraction of sp³-hybridized carbons (Fsp3) is 0.500. The molecule has 1 aromatic heterocycles. The van der Waals surface area contributed by atoms with Crippen LogP contribution >= 0.6 is 0 Å². The van der Waals surface area contributed by atoms with E-state index in [2.05, 4.69) is 0 Å². The summed E-state index contributed by atoms with van der Waals surface area (Å²) in [5.74, 6) is -0.416. The van der Waals surface area contributed by atoms with Gasteiger partial charge in [0.25, 0.3) is 5.56 Å². The summed E-state index contributed by atoms with van der Waals surface area (Å²) in [5, 5.41) is 0. The molecule has 0 aromatic carbocycles. The third kappa shape index (κ3) is 2.82. The van der Waals surface area contributed by atoms with Gasteiger partial charge in [0.2, 0.25) is 0 Å². The Hall–Kier alpha value is -1.85. The summed E-state index contributed by atoms with van der Waals surface area (Å²) in [7, 11) is 1.54. The maximum absolute atomic E-state index is 11.5. The minimum atomic E-state index is -0.434. The molecule has 0 fully saturated rings. The van der Waals surface area contributed by atoms with Crippen LogP contribution < -0.4 is 11.2 Å². The molecule has 0 saturated heterocycles. The van der Waals surface area contributed by atoms with Gasteiger partial charge in [-0.1, -0.05) is 0 Å². The van der Waals surface area contributed by atoms with Crippen LogP contribution in [0.2, 0.25) is 0 Å². The molecule has 0 radical (unpaired) electrons. The number of hydrogen-bond acceptors (Lipinski definition) is 4. The molecule has 1 heterocycles. The molecule has 0 aliphatic rings. The van der Waals surface area contributed by atoms with Crippen LogP contribution in [-0.4, -0.2) is 21.7 Å². The Morgan fingerprint density at radius 3 is 2.75 bits per heavy atom. The second-order valence-corrected chi connectivity index (χ2v) is 3.25. The second-order valence-electron chi connectivity index (χ2n) is 3.25. The zero-order chi connectivity index (χ0) is 12.1. The largest absolute Gasteiger partial charge is 0.466 e. The maximum Gasteiger partial charge on any atom is 0.330 e. The van der Waals surface area contributed by atoms with E-state index < -0.39 is 17.2 Å². The Balaban J connectivity index is 2.82. The van der Waals surface area contributed by atoms with Gasteiger partial charge in [-0.25, -0.2) is 4.79 Å². The van der Waals surface area contributed by atoms with Gasteiger partial charge in [0.05, 0.1) is 13.0 Å². The lowest BCUT2D eigenvalue weighted by Gasteiger charge is -2.05. The van der Waals surface area contributed by atoms with Crippen molar-refractivity contribution in [2.75, 3.05) is 6.61 Å². The molecule has 0 bridgehead atoms. The number of hydrogen-bond donors (Lipinski definition) is 0. The first-order chi connectivity index (χ1) is 7.56. The van der Waals surface area contributed by atoms with E-state index in [9.17, 15) is 14.4 Å². The van der Waals surface area contributed by atoms with Crippen molar-refractivity contribution in [3.63, 3.8) is 0 Å². The summed E-state index contributed by atoms with van der Waals surface area (Å²) in [4.78, 5) is 34.0. The van der Waals surface area contributed by atoms with Crippen molar-refractivity contribution in [3.05, 3.63) is 33.1 Å². The molecule has 0 unspecified atom stereocenters. The third-order valence-corrected chi connectivity index (χ3v) is 2.08. The summed E-state index contributed by atoms with van der Waals surface area (Å²) in [6.45, 7) is 2.04. The van der Waals surface area contributed by atoms with Gasteiger partial charge in [-0.3, -0.25) is 14.2 Å². The standard InChI is InChI=1S/C10H14N2O4/c1-3-16-9(14)5-7-12-8(13)4-6-11(2)10(12)15/h4,6H,3,5,7H2,1-2H3. The van der Waals surface area contributed by atoms with Crippen molar-refractivity contribution in [1.29, 1.82) is 0 Å². The fourth-order valence-electron chi connectivity index (χ4n) is 1.26. The quantitative estimate of drug-likeness (QED) is 0.649. The van der Waals surface area contributed by atoms with Gasteiger partial charge in [-0.05, 0) is 6.92 Å². The average molecular weight is 226 g/mol. The van der Waals surface area contributed by atoms with E-state index in [0.29, 0.717) is 6.61 Å². The normalized spacial score (nSPS) is 10.1. The van der Waals surface area contributed by atoms with Crippen molar-refractivity contribution in [3.8, 4) is 0 Å². The first kappa shape index (κ1) is 12.2. The van der Waals surface area contributed by atoms with Gasteiger partial charge in [0.15, 0.2) is 0 Å². The Morgan fingerprint density at radius 1 is 1.44 bits per heavy atom. The lowest BCUT2D eigenvalue weighted by Crippen LogP contribution is -2.38. The molecule has 6 heteroatoms. The highest BCUT2D eigenvalue weighted by molar-refractivity contribution is 5.69. The molecule has 16 heavy (non-hydrogen) atoms. The predicted molar refractivity (Wildman–Crippen MR) is 57.2 cm³/mol. The van der Waals surface area contributed by atoms with Gasteiger partial charge in [-0.15, -0.1) is 0 Å². The first-order valence-corrected chi connectivity index (χ1v) is 4.98. The average Bonchev–Trinajstić information content (AvgIpc) is 2.24. The van der Waals surface area contributed by atoms with E-state index in [0.717, 1.165) is 4.57 Å². The summed E-state index contributed by atoms with van der Waals surface area (Å²) in [5.41, 5.74) is -0.843. The molecule has 0 atom stereocenters. The molecular weight excluding hydrogens is 212 g/mol. The minimum absolute atomic E-state index is 0.0208. The third-order valence-electron chi connectivity index (χ3n) is 2.08. The molecule has 88 valence electrons. The molecule has 0 aliphatic carbocycles. The minimum Gasteiger partial charge on any atom is -0.466 e. The molecule has 0 aliphatic heterocycles. The lowest BCUT2D eigenvalue weighted by atomic mass is 10.4. The van der Waals surface area contributed by atoms with Crippen LogP contribution in [0, 0.1) is 0 Å².